The van der Waals surface area contributed by atoms with Crippen LogP contribution in [0.4, 0.5) is 4.79 Å². The van der Waals surface area contributed by atoms with Crippen LogP contribution < -0.4 is 5.32 Å². The zero-order valence-corrected chi connectivity index (χ0v) is 11.1. The van der Waals surface area contributed by atoms with E-state index < -0.39 is 5.60 Å². The van der Waals surface area contributed by atoms with Crippen LogP contribution in [-0.4, -0.2) is 54.5 Å². The summed E-state index contributed by atoms with van der Waals surface area (Å²) >= 11 is 0. The predicted octanol–water partition coefficient (Wildman–Crippen LogP) is 0.984. The molecule has 0 saturated carbocycles. The number of nitrogens with one attached hydrogen (secondary N) is 1. The Labute approximate surface area is 102 Å². The maximum Gasteiger partial charge on any atom is 0.410 e. The summed E-state index contributed by atoms with van der Waals surface area (Å²) in [4.78, 5) is 13.5. The van der Waals surface area contributed by atoms with E-state index in [2.05, 4.69) is 5.32 Å². The van der Waals surface area contributed by atoms with E-state index in [-0.39, 0.29) is 17.8 Å². The van der Waals surface area contributed by atoms with E-state index in [1.54, 1.807) is 4.90 Å². The van der Waals surface area contributed by atoms with Crippen molar-refractivity contribution < 1.29 is 14.3 Å². The highest BCUT2D eigenvalue weighted by atomic mass is 16.6. The molecule has 0 aliphatic carbocycles. The Morgan fingerprint density at radius 2 is 2.12 bits per heavy atom. The number of carbonyl (C=O) groups excluding carboxylic acids is 1. The molecule has 1 N–H and O–H groups in total. The molecule has 5 nitrogen and oxygen atoms in total. The van der Waals surface area contributed by atoms with Gasteiger partial charge in [-0.25, -0.2) is 4.79 Å². The average Bonchev–Trinajstić information content (AvgIpc) is 2.10. The van der Waals surface area contributed by atoms with Crippen molar-refractivity contribution in [3.8, 4) is 0 Å². The van der Waals surface area contributed by atoms with Gasteiger partial charge in [-0.3, -0.25) is 0 Å². The van der Waals surface area contributed by atoms with Crippen LogP contribution in [0.5, 0.6) is 0 Å². The van der Waals surface area contributed by atoms with Gasteiger partial charge in [0.25, 0.3) is 0 Å². The van der Waals surface area contributed by atoms with Crippen LogP contribution in [0.15, 0.2) is 0 Å². The third-order valence-electron chi connectivity index (χ3n) is 2.94. The standard InChI is InChI=1S/C12H22N2O3/c1-9-5-13-6-12(16-9)7-14(8-12)10(15)17-11(2,3)4/h9,13H,5-8H2,1-4H3/t9-/m1/s1. The van der Waals surface area contributed by atoms with Gasteiger partial charge in [0.05, 0.1) is 19.2 Å². The molecule has 2 rings (SSSR count). The molecular formula is C12H22N2O3. The molecule has 0 aromatic rings. The molecule has 0 aromatic carbocycles. The molecule has 0 aromatic heterocycles. The fourth-order valence-corrected chi connectivity index (χ4v) is 2.30. The highest BCUT2D eigenvalue weighted by molar-refractivity contribution is 5.69. The van der Waals surface area contributed by atoms with Gasteiger partial charge in [-0.05, 0) is 27.7 Å². The molecule has 5 heteroatoms. The quantitative estimate of drug-likeness (QED) is 0.688. The number of hydrogen-bond donors (Lipinski definition) is 1. The molecule has 0 radical (unpaired) electrons. The Bertz CT molecular complexity index is 305. The van der Waals surface area contributed by atoms with Crippen LogP contribution >= 0.6 is 0 Å². The summed E-state index contributed by atoms with van der Waals surface area (Å²) in [5, 5.41) is 3.33. The lowest BCUT2D eigenvalue weighted by atomic mass is 9.92. The van der Waals surface area contributed by atoms with Crippen molar-refractivity contribution in [2.45, 2.75) is 45.0 Å². The molecule has 2 fully saturated rings. The summed E-state index contributed by atoms with van der Waals surface area (Å²) in [6.45, 7) is 10.6. The second-order valence-electron chi connectivity index (χ2n) is 6.08. The van der Waals surface area contributed by atoms with Gasteiger partial charge in [0.1, 0.15) is 11.2 Å². The molecule has 2 aliphatic heterocycles. The summed E-state index contributed by atoms with van der Waals surface area (Å²) < 4.78 is 11.2. The summed E-state index contributed by atoms with van der Waals surface area (Å²) in [5.41, 5.74) is -0.618. The largest absolute Gasteiger partial charge is 0.444 e. The second kappa shape index (κ2) is 4.14. The maximum absolute atomic E-state index is 11.8. The lowest BCUT2D eigenvalue weighted by Gasteiger charge is -2.52. The van der Waals surface area contributed by atoms with Crippen molar-refractivity contribution in [1.82, 2.24) is 10.2 Å². The van der Waals surface area contributed by atoms with Gasteiger partial charge >= 0.3 is 6.09 Å². The van der Waals surface area contributed by atoms with Crippen molar-refractivity contribution in [2.75, 3.05) is 26.2 Å². The zero-order chi connectivity index (χ0) is 12.7. The summed E-state index contributed by atoms with van der Waals surface area (Å²) in [6.07, 6.45) is -0.0329. The predicted molar refractivity (Wildman–Crippen MR) is 64.0 cm³/mol. The minimum absolute atomic E-state index is 0.186. The van der Waals surface area contributed by atoms with Crippen LogP contribution in [-0.2, 0) is 9.47 Å². The Balaban J connectivity index is 1.83. The molecule has 0 bridgehead atoms. The van der Waals surface area contributed by atoms with Crippen molar-refractivity contribution in [2.24, 2.45) is 0 Å². The topological polar surface area (TPSA) is 50.8 Å². The van der Waals surface area contributed by atoms with Gasteiger partial charge in [0.15, 0.2) is 0 Å². The third kappa shape index (κ3) is 2.90. The van der Waals surface area contributed by atoms with Crippen molar-refractivity contribution in [3.63, 3.8) is 0 Å². The van der Waals surface area contributed by atoms with Gasteiger partial charge in [-0.15, -0.1) is 0 Å². The first-order valence-corrected chi connectivity index (χ1v) is 6.16. The van der Waals surface area contributed by atoms with E-state index in [1.807, 2.05) is 27.7 Å². The molecule has 1 spiro atoms. The number of carbonyl (C=O) groups is 1. The average molecular weight is 242 g/mol. The summed E-state index contributed by atoms with van der Waals surface area (Å²) in [5.74, 6) is 0. The number of ether oxygens (including phenoxy) is 2. The Kier molecular flexibility index (Phi) is 3.08. The molecular weight excluding hydrogens is 220 g/mol. The first-order chi connectivity index (χ1) is 7.80. The zero-order valence-electron chi connectivity index (χ0n) is 11.1. The highest BCUT2D eigenvalue weighted by Gasteiger charge is 2.49. The summed E-state index contributed by atoms with van der Waals surface area (Å²) in [7, 11) is 0. The van der Waals surface area contributed by atoms with Gasteiger partial charge < -0.3 is 19.7 Å². The van der Waals surface area contributed by atoms with Crippen molar-refractivity contribution >= 4 is 6.09 Å². The Morgan fingerprint density at radius 3 is 2.65 bits per heavy atom. The fraction of sp³-hybridized carbons (Fsp3) is 0.917. The minimum Gasteiger partial charge on any atom is -0.444 e. The molecule has 1 atom stereocenters. The number of amides is 1. The SMILES string of the molecule is C[C@@H]1CNCC2(CN(C(=O)OC(C)(C)C)C2)O1. The second-order valence-corrected chi connectivity index (χ2v) is 6.08. The van der Waals surface area contributed by atoms with E-state index in [4.69, 9.17) is 9.47 Å². The van der Waals surface area contributed by atoms with Crippen LogP contribution in [0.3, 0.4) is 0 Å². The van der Waals surface area contributed by atoms with Gasteiger partial charge in [0.2, 0.25) is 0 Å². The van der Waals surface area contributed by atoms with E-state index in [0.717, 1.165) is 13.1 Å². The van der Waals surface area contributed by atoms with Crippen LogP contribution in [0.2, 0.25) is 0 Å². The molecule has 0 unspecified atom stereocenters. The van der Waals surface area contributed by atoms with Gasteiger partial charge in [0, 0.05) is 13.1 Å². The first kappa shape index (κ1) is 12.6. The van der Waals surface area contributed by atoms with Crippen LogP contribution in [0.1, 0.15) is 27.7 Å². The smallest absolute Gasteiger partial charge is 0.410 e. The maximum atomic E-state index is 11.8. The lowest BCUT2D eigenvalue weighted by molar-refractivity contribution is -0.178. The number of likely N-dealkylation sites (tertiary alicyclic amines) is 1. The Morgan fingerprint density at radius 1 is 1.47 bits per heavy atom. The monoisotopic (exact) mass is 242 g/mol. The van der Waals surface area contributed by atoms with Crippen LogP contribution in [0, 0.1) is 0 Å². The normalized spacial score (nSPS) is 27.8. The Hall–Kier alpha value is -0.810. The number of morpholine rings is 1. The van der Waals surface area contributed by atoms with E-state index in [9.17, 15) is 4.79 Å². The number of rotatable bonds is 0. The fourth-order valence-electron chi connectivity index (χ4n) is 2.30. The van der Waals surface area contributed by atoms with Crippen molar-refractivity contribution in [1.29, 1.82) is 0 Å². The van der Waals surface area contributed by atoms with Gasteiger partial charge in [-0.1, -0.05) is 0 Å². The van der Waals surface area contributed by atoms with E-state index in [1.165, 1.54) is 0 Å². The molecule has 2 saturated heterocycles. The minimum atomic E-state index is -0.432. The first-order valence-electron chi connectivity index (χ1n) is 6.16. The number of hydrogen-bond acceptors (Lipinski definition) is 4. The number of nitrogens with zero attached hydrogens (tertiary/aromatic N) is 1. The summed E-state index contributed by atoms with van der Waals surface area (Å²) in [6, 6.07) is 0. The molecule has 2 aliphatic rings. The van der Waals surface area contributed by atoms with E-state index in [0.29, 0.717) is 13.1 Å². The molecule has 17 heavy (non-hydrogen) atoms. The highest BCUT2D eigenvalue weighted by Crippen LogP contribution is 2.29. The molecule has 1 amide bonds. The molecule has 98 valence electrons. The van der Waals surface area contributed by atoms with E-state index >= 15 is 0 Å². The lowest BCUT2D eigenvalue weighted by Crippen LogP contribution is -2.72. The van der Waals surface area contributed by atoms with Crippen LogP contribution in [0.25, 0.3) is 0 Å². The van der Waals surface area contributed by atoms with Gasteiger partial charge in [-0.2, -0.15) is 0 Å². The third-order valence-corrected chi connectivity index (χ3v) is 2.94. The molecule has 2 heterocycles. The van der Waals surface area contributed by atoms with Crippen molar-refractivity contribution in [3.05, 3.63) is 0 Å².